The lowest BCUT2D eigenvalue weighted by Crippen LogP contribution is -2.08. The van der Waals surface area contributed by atoms with Gasteiger partial charge < -0.3 is 5.11 Å². The molecule has 0 radical (unpaired) electrons. The van der Waals surface area contributed by atoms with Gasteiger partial charge in [0.15, 0.2) is 0 Å². The van der Waals surface area contributed by atoms with Crippen molar-refractivity contribution in [3.63, 3.8) is 0 Å². The number of aromatic nitrogens is 2. The number of aliphatic hydroxyl groups is 1. The highest BCUT2D eigenvalue weighted by atomic mass is 79.9. The molecule has 1 atom stereocenters. The van der Waals surface area contributed by atoms with Gasteiger partial charge in [-0.15, -0.1) is 0 Å². The van der Waals surface area contributed by atoms with Crippen molar-refractivity contribution < 1.29 is 5.11 Å². The van der Waals surface area contributed by atoms with E-state index in [1.807, 2.05) is 23.8 Å². The molecule has 15 heavy (non-hydrogen) atoms. The maximum Gasteiger partial charge on any atom is 0.123 e. The Morgan fingerprint density at radius 2 is 2.47 bits per heavy atom. The summed E-state index contributed by atoms with van der Waals surface area (Å²) < 4.78 is 2.65. The predicted molar refractivity (Wildman–Crippen MR) is 64.0 cm³/mol. The zero-order valence-corrected chi connectivity index (χ0v) is 10.6. The van der Waals surface area contributed by atoms with Crippen molar-refractivity contribution in [3.8, 4) is 0 Å². The van der Waals surface area contributed by atoms with E-state index in [1.165, 1.54) is 0 Å². The lowest BCUT2D eigenvalue weighted by molar-refractivity contribution is 0.207. The van der Waals surface area contributed by atoms with Gasteiger partial charge in [0.05, 0.1) is 16.4 Å². The molecule has 0 saturated carbocycles. The zero-order valence-electron chi connectivity index (χ0n) is 8.22. The van der Waals surface area contributed by atoms with Gasteiger partial charge in [-0.3, -0.25) is 4.68 Å². The first kappa shape index (κ1) is 10.9. The second-order valence-electron chi connectivity index (χ2n) is 3.15. The number of nitrogens with zero attached hydrogens (tertiary/aromatic N) is 2. The van der Waals surface area contributed by atoms with Crippen molar-refractivity contribution in [1.29, 1.82) is 0 Å². The number of halogens is 1. The van der Waals surface area contributed by atoms with E-state index in [1.54, 1.807) is 22.2 Å². The first-order valence-electron chi connectivity index (χ1n) is 4.65. The molecule has 0 amide bonds. The second-order valence-corrected chi connectivity index (χ2v) is 4.79. The van der Waals surface area contributed by atoms with Crippen molar-refractivity contribution in [2.45, 2.75) is 19.6 Å². The average molecular weight is 287 g/mol. The molecule has 2 aromatic heterocycles. The Bertz CT molecular complexity index is 438. The molecular formula is C10H11BrN2OS. The minimum atomic E-state index is -0.604. The van der Waals surface area contributed by atoms with Crippen LogP contribution in [0.3, 0.4) is 0 Å². The second kappa shape index (κ2) is 4.47. The van der Waals surface area contributed by atoms with Crippen molar-refractivity contribution in [1.82, 2.24) is 9.78 Å². The summed E-state index contributed by atoms with van der Waals surface area (Å²) >= 11 is 4.98. The number of rotatable bonds is 3. The van der Waals surface area contributed by atoms with Crippen LogP contribution in [0, 0.1) is 0 Å². The minimum absolute atomic E-state index is 0.604. The Labute approximate surface area is 100 Å². The molecule has 2 rings (SSSR count). The largest absolute Gasteiger partial charge is 0.382 e. The summed E-state index contributed by atoms with van der Waals surface area (Å²) in [5, 5.41) is 18.3. The molecule has 0 aliphatic heterocycles. The van der Waals surface area contributed by atoms with Gasteiger partial charge >= 0.3 is 0 Å². The lowest BCUT2D eigenvalue weighted by atomic mass is 10.1. The van der Waals surface area contributed by atoms with Crippen LogP contribution < -0.4 is 0 Å². The monoisotopic (exact) mass is 286 g/mol. The topological polar surface area (TPSA) is 38.0 Å². The van der Waals surface area contributed by atoms with Gasteiger partial charge in [0.2, 0.25) is 0 Å². The fourth-order valence-corrected chi connectivity index (χ4v) is 2.68. The Hall–Kier alpha value is -0.650. The maximum absolute atomic E-state index is 10.2. The molecular weight excluding hydrogens is 276 g/mol. The third-order valence-corrected chi connectivity index (χ3v) is 3.56. The van der Waals surface area contributed by atoms with Crippen LogP contribution in [0.4, 0.5) is 0 Å². The van der Waals surface area contributed by atoms with Crippen LogP contribution in [-0.4, -0.2) is 14.9 Å². The van der Waals surface area contributed by atoms with Gasteiger partial charge in [0.1, 0.15) is 6.10 Å². The average Bonchev–Trinajstić information content (AvgIpc) is 2.85. The molecule has 80 valence electrons. The van der Waals surface area contributed by atoms with Gasteiger partial charge in [-0.25, -0.2) is 0 Å². The van der Waals surface area contributed by atoms with Crippen LogP contribution in [0.2, 0.25) is 0 Å². The van der Waals surface area contributed by atoms with Crippen molar-refractivity contribution in [3.05, 3.63) is 38.8 Å². The first-order valence-corrected chi connectivity index (χ1v) is 6.39. The fourth-order valence-electron chi connectivity index (χ4n) is 1.48. The number of aryl methyl sites for hydroxylation is 1. The fraction of sp³-hybridized carbons (Fsp3) is 0.300. The standard InChI is InChI=1S/C10H11BrN2OS/c1-2-13-9(8(11)5-12-13)10(14)7-3-4-15-6-7/h3-6,10,14H,2H2,1H3. The van der Waals surface area contributed by atoms with Gasteiger partial charge in [0, 0.05) is 6.54 Å². The van der Waals surface area contributed by atoms with E-state index in [2.05, 4.69) is 21.0 Å². The van der Waals surface area contributed by atoms with E-state index < -0.39 is 6.10 Å². The van der Waals surface area contributed by atoms with Crippen LogP contribution in [0.5, 0.6) is 0 Å². The number of hydrogen-bond acceptors (Lipinski definition) is 3. The normalized spacial score (nSPS) is 13.0. The Morgan fingerprint density at radius 1 is 1.67 bits per heavy atom. The molecule has 0 fully saturated rings. The highest BCUT2D eigenvalue weighted by Crippen LogP contribution is 2.29. The Morgan fingerprint density at radius 3 is 3.07 bits per heavy atom. The van der Waals surface area contributed by atoms with Crippen LogP contribution >= 0.6 is 27.3 Å². The van der Waals surface area contributed by atoms with Gasteiger partial charge in [0.25, 0.3) is 0 Å². The lowest BCUT2D eigenvalue weighted by Gasteiger charge is -2.11. The summed E-state index contributed by atoms with van der Waals surface area (Å²) in [5.74, 6) is 0. The number of thiophene rings is 1. The molecule has 5 heteroatoms. The smallest absolute Gasteiger partial charge is 0.123 e. The minimum Gasteiger partial charge on any atom is -0.382 e. The summed E-state index contributed by atoms with van der Waals surface area (Å²) in [6.07, 6.45) is 1.11. The molecule has 1 unspecified atom stereocenters. The third-order valence-electron chi connectivity index (χ3n) is 2.25. The number of hydrogen-bond donors (Lipinski definition) is 1. The van der Waals surface area contributed by atoms with Gasteiger partial charge in [-0.2, -0.15) is 16.4 Å². The highest BCUT2D eigenvalue weighted by Gasteiger charge is 2.18. The molecule has 1 N–H and O–H groups in total. The van der Waals surface area contributed by atoms with E-state index in [0.29, 0.717) is 0 Å². The van der Waals surface area contributed by atoms with Crippen LogP contribution in [-0.2, 0) is 6.54 Å². The molecule has 3 nitrogen and oxygen atoms in total. The molecule has 0 spiro atoms. The summed E-state index contributed by atoms with van der Waals surface area (Å²) in [5.41, 5.74) is 1.73. The highest BCUT2D eigenvalue weighted by molar-refractivity contribution is 9.10. The molecule has 0 aliphatic rings. The first-order chi connectivity index (χ1) is 7.24. The number of aliphatic hydroxyl groups excluding tert-OH is 1. The summed E-state index contributed by atoms with van der Waals surface area (Å²) in [4.78, 5) is 0. The SMILES string of the molecule is CCn1ncc(Br)c1C(O)c1ccsc1. The van der Waals surface area contributed by atoms with E-state index >= 15 is 0 Å². The third kappa shape index (κ3) is 2.00. The molecule has 0 aliphatic carbocycles. The van der Waals surface area contributed by atoms with E-state index in [9.17, 15) is 5.11 Å². The van der Waals surface area contributed by atoms with E-state index in [-0.39, 0.29) is 0 Å². The quantitative estimate of drug-likeness (QED) is 0.942. The molecule has 2 heterocycles. The van der Waals surface area contributed by atoms with Gasteiger partial charge in [-0.1, -0.05) is 0 Å². The van der Waals surface area contributed by atoms with E-state index in [0.717, 1.165) is 22.3 Å². The Balaban J connectivity index is 2.40. The van der Waals surface area contributed by atoms with Gasteiger partial charge in [-0.05, 0) is 45.2 Å². The van der Waals surface area contributed by atoms with Crippen LogP contribution in [0.15, 0.2) is 27.5 Å². The molecule has 0 aromatic carbocycles. The van der Waals surface area contributed by atoms with E-state index in [4.69, 9.17) is 0 Å². The maximum atomic E-state index is 10.2. The van der Waals surface area contributed by atoms with Crippen molar-refractivity contribution in [2.75, 3.05) is 0 Å². The summed E-state index contributed by atoms with van der Waals surface area (Å²) in [6, 6.07) is 1.93. The molecule has 0 saturated heterocycles. The molecule has 0 bridgehead atoms. The van der Waals surface area contributed by atoms with Crippen molar-refractivity contribution >= 4 is 27.3 Å². The molecule has 2 aromatic rings. The Kier molecular flexibility index (Phi) is 3.23. The van der Waals surface area contributed by atoms with Crippen molar-refractivity contribution in [2.24, 2.45) is 0 Å². The van der Waals surface area contributed by atoms with Crippen LogP contribution in [0.1, 0.15) is 24.3 Å². The predicted octanol–water partition coefficient (Wildman–Crippen LogP) is 2.81. The summed E-state index contributed by atoms with van der Waals surface area (Å²) in [7, 11) is 0. The van der Waals surface area contributed by atoms with Crippen LogP contribution in [0.25, 0.3) is 0 Å². The zero-order chi connectivity index (χ0) is 10.8. The summed E-state index contributed by atoms with van der Waals surface area (Å²) in [6.45, 7) is 2.76.